The zero-order chi connectivity index (χ0) is 23.7. The Morgan fingerprint density at radius 2 is 1.79 bits per heavy atom. The third-order valence-electron chi connectivity index (χ3n) is 5.99. The van der Waals surface area contributed by atoms with Crippen LogP contribution < -0.4 is 14.8 Å². The summed E-state index contributed by atoms with van der Waals surface area (Å²) in [5.74, 6) is 1.21. The first-order valence-corrected chi connectivity index (χ1v) is 10.7. The van der Waals surface area contributed by atoms with Gasteiger partial charge in [0.15, 0.2) is 11.5 Å². The number of tetrazole rings is 1. The van der Waals surface area contributed by atoms with Crippen LogP contribution in [-0.4, -0.2) is 40.8 Å². The van der Waals surface area contributed by atoms with Crippen LogP contribution in [0.3, 0.4) is 0 Å². The van der Waals surface area contributed by atoms with Crippen LogP contribution in [0.2, 0.25) is 0 Å². The second-order valence-electron chi connectivity index (χ2n) is 8.06. The van der Waals surface area contributed by atoms with E-state index in [1.165, 1.54) is 12.1 Å². The standard InChI is InChI=1S/C25H22FN5O3/c1-33-22-10-5-15(11-23(22)34-2)18-9-8-17(12-20(18)24-28-30-31-29-24)27-25(32)21-13-19(21)14-3-6-16(26)7-4-14/h3-12,19,21H,13H2,1-2H3,(H,27,32)(H,28,29,30,31). The molecule has 1 aliphatic rings. The van der Waals surface area contributed by atoms with E-state index in [4.69, 9.17) is 9.47 Å². The fraction of sp³-hybridized carbons (Fsp3) is 0.200. The zero-order valence-corrected chi connectivity index (χ0v) is 18.6. The molecule has 9 heteroatoms. The van der Waals surface area contributed by atoms with Crippen LogP contribution in [0.1, 0.15) is 17.9 Å². The van der Waals surface area contributed by atoms with Crippen molar-refractivity contribution in [3.63, 3.8) is 0 Å². The van der Waals surface area contributed by atoms with Crippen molar-refractivity contribution < 1.29 is 18.7 Å². The van der Waals surface area contributed by atoms with Crippen LogP contribution >= 0.6 is 0 Å². The summed E-state index contributed by atoms with van der Waals surface area (Å²) in [7, 11) is 3.16. The van der Waals surface area contributed by atoms with E-state index in [-0.39, 0.29) is 23.6 Å². The van der Waals surface area contributed by atoms with Gasteiger partial charge in [0, 0.05) is 17.2 Å². The summed E-state index contributed by atoms with van der Waals surface area (Å²) >= 11 is 0. The fourth-order valence-corrected chi connectivity index (χ4v) is 4.14. The predicted octanol–water partition coefficient (Wildman–Crippen LogP) is 4.43. The van der Waals surface area contributed by atoms with Crippen molar-refractivity contribution in [2.24, 2.45) is 5.92 Å². The average molecular weight is 459 g/mol. The van der Waals surface area contributed by atoms with E-state index in [1.54, 1.807) is 26.4 Å². The highest BCUT2D eigenvalue weighted by Crippen LogP contribution is 2.48. The van der Waals surface area contributed by atoms with E-state index in [0.717, 1.165) is 23.1 Å². The predicted molar refractivity (Wildman–Crippen MR) is 124 cm³/mol. The topological polar surface area (TPSA) is 102 Å². The molecule has 34 heavy (non-hydrogen) atoms. The van der Waals surface area contributed by atoms with Crippen LogP contribution in [0, 0.1) is 11.7 Å². The number of nitrogens with one attached hydrogen (secondary N) is 2. The van der Waals surface area contributed by atoms with Gasteiger partial charge in [-0.25, -0.2) is 4.39 Å². The lowest BCUT2D eigenvalue weighted by atomic mass is 9.98. The van der Waals surface area contributed by atoms with Crippen molar-refractivity contribution >= 4 is 11.6 Å². The lowest BCUT2D eigenvalue weighted by molar-refractivity contribution is -0.117. The summed E-state index contributed by atoms with van der Waals surface area (Å²) in [6, 6.07) is 17.5. The van der Waals surface area contributed by atoms with E-state index in [2.05, 4.69) is 25.9 Å². The van der Waals surface area contributed by atoms with Crippen LogP contribution in [-0.2, 0) is 4.79 Å². The third kappa shape index (κ3) is 4.19. The molecular formula is C25H22FN5O3. The molecule has 0 spiro atoms. The molecule has 172 valence electrons. The van der Waals surface area contributed by atoms with E-state index in [0.29, 0.717) is 28.6 Å². The van der Waals surface area contributed by atoms with E-state index < -0.39 is 0 Å². The Labute approximate surface area is 195 Å². The lowest BCUT2D eigenvalue weighted by Crippen LogP contribution is -2.14. The van der Waals surface area contributed by atoms with Crippen molar-refractivity contribution in [3.8, 4) is 34.0 Å². The summed E-state index contributed by atoms with van der Waals surface area (Å²) < 4.78 is 24.0. The molecule has 0 saturated heterocycles. The Morgan fingerprint density at radius 3 is 2.50 bits per heavy atom. The van der Waals surface area contributed by atoms with Crippen molar-refractivity contribution in [2.75, 3.05) is 19.5 Å². The molecule has 0 aliphatic heterocycles. The van der Waals surface area contributed by atoms with Crippen molar-refractivity contribution in [1.29, 1.82) is 0 Å². The number of aromatic amines is 1. The van der Waals surface area contributed by atoms with Crippen LogP contribution in [0.15, 0.2) is 60.7 Å². The number of hydrogen-bond donors (Lipinski definition) is 2. The molecule has 1 heterocycles. The molecule has 1 aliphatic carbocycles. The normalized spacial score (nSPS) is 16.7. The van der Waals surface area contributed by atoms with Gasteiger partial charge in [-0.1, -0.05) is 24.3 Å². The van der Waals surface area contributed by atoms with E-state index in [1.807, 2.05) is 36.4 Å². The second-order valence-corrected chi connectivity index (χ2v) is 8.06. The van der Waals surface area contributed by atoms with Crippen molar-refractivity contribution in [1.82, 2.24) is 20.6 Å². The van der Waals surface area contributed by atoms with Gasteiger partial charge in [0.1, 0.15) is 5.82 Å². The van der Waals surface area contributed by atoms with Gasteiger partial charge in [-0.15, -0.1) is 10.2 Å². The number of benzene rings is 3. The van der Waals surface area contributed by atoms with Crippen LogP contribution in [0.25, 0.3) is 22.5 Å². The smallest absolute Gasteiger partial charge is 0.228 e. The highest BCUT2D eigenvalue weighted by molar-refractivity contribution is 5.96. The molecule has 1 fully saturated rings. The van der Waals surface area contributed by atoms with Gasteiger partial charge in [-0.2, -0.15) is 5.21 Å². The molecular weight excluding hydrogens is 437 g/mol. The molecule has 4 aromatic rings. The molecule has 1 saturated carbocycles. The molecule has 1 aromatic heterocycles. The number of carbonyl (C=O) groups excluding carboxylic acids is 1. The largest absolute Gasteiger partial charge is 0.493 e. The van der Waals surface area contributed by atoms with Gasteiger partial charge in [0.05, 0.1) is 14.2 Å². The minimum absolute atomic E-state index is 0.0766. The maximum Gasteiger partial charge on any atom is 0.228 e. The molecule has 0 radical (unpaired) electrons. The maximum atomic E-state index is 13.2. The Balaban J connectivity index is 1.41. The monoisotopic (exact) mass is 459 g/mol. The number of hydrogen-bond acceptors (Lipinski definition) is 6. The SMILES string of the molecule is COc1ccc(-c2ccc(NC(=O)C3CC3c3ccc(F)cc3)cc2-c2nn[nH]n2)cc1OC. The summed E-state index contributed by atoms with van der Waals surface area (Å²) in [6.45, 7) is 0. The summed E-state index contributed by atoms with van der Waals surface area (Å²) in [5.41, 5.74) is 4.01. The summed E-state index contributed by atoms with van der Waals surface area (Å²) in [5, 5.41) is 17.4. The van der Waals surface area contributed by atoms with Gasteiger partial charge in [0.25, 0.3) is 0 Å². The number of halogens is 1. The van der Waals surface area contributed by atoms with E-state index in [9.17, 15) is 9.18 Å². The third-order valence-corrected chi connectivity index (χ3v) is 5.99. The number of aromatic nitrogens is 4. The Bertz CT molecular complexity index is 1330. The van der Waals surface area contributed by atoms with Crippen LogP contribution in [0.4, 0.5) is 10.1 Å². The minimum atomic E-state index is -0.283. The second kappa shape index (κ2) is 8.93. The molecule has 0 bridgehead atoms. The molecule has 5 rings (SSSR count). The number of nitrogens with zero attached hydrogens (tertiary/aromatic N) is 3. The number of amides is 1. The van der Waals surface area contributed by atoms with Gasteiger partial charge < -0.3 is 14.8 Å². The first-order valence-electron chi connectivity index (χ1n) is 10.7. The Morgan fingerprint density at radius 1 is 1.00 bits per heavy atom. The van der Waals surface area contributed by atoms with E-state index >= 15 is 0 Å². The molecule has 2 N–H and O–H groups in total. The number of anilines is 1. The Hall–Kier alpha value is -4.27. The van der Waals surface area contributed by atoms with Crippen molar-refractivity contribution in [3.05, 3.63) is 72.0 Å². The van der Waals surface area contributed by atoms with Gasteiger partial charge >= 0.3 is 0 Å². The first-order chi connectivity index (χ1) is 16.6. The van der Waals surface area contributed by atoms with Crippen LogP contribution in [0.5, 0.6) is 11.5 Å². The highest BCUT2D eigenvalue weighted by Gasteiger charge is 2.43. The molecule has 3 aromatic carbocycles. The minimum Gasteiger partial charge on any atom is -0.493 e. The number of methoxy groups -OCH3 is 2. The van der Waals surface area contributed by atoms with Gasteiger partial charge in [0.2, 0.25) is 11.7 Å². The average Bonchev–Trinajstić information content (AvgIpc) is 3.48. The Kier molecular flexibility index (Phi) is 5.67. The summed E-state index contributed by atoms with van der Waals surface area (Å²) in [6.07, 6.45) is 0.735. The highest BCUT2D eigenvalue weighted by atomic mass is 19.1. The maximum absolute atomic E-state index is 13.2. The molecule has 1 amide bonds. The zero-order valence-electron chi connectivity index (χ0n) is 18.6. The van der Waals surface area contributed by atoms with Gasteiger partial charge in [-0.05, 0) is 70.6 Å². The first kappa shape index (κ1) is 21.6. The fourth-order valence-electron chi connectivity index (χ4n) is 4.14. The lowest BCUT2D eigenvalue weighted by Gasteiger charge is -2.13. The number of ether oxygens (including phenoxy) is 2. The number of carbonyl (C=O) groups is 1. The molecule has 2 atom stereocenters. The van der Waals surface area contributed by atoms with Crippen molar-refractivity contribution in [2.45, 2.75) is 12.3 Å². The molecule has 2 unspecified atom stereocenters. The summed E-state index contributed by atoms with van der Waals surface area (Å²) in [4.78, 5) is 12.9. The number of H-pyrrole nitrogens is 1. The quantitative estimate of drug-likeness (QED) is 0.424. The molecule has 8 nitrogen and oxygen atoms in total. The van der Waals surface area contributed by atoms with Gasteiger partial charge in [-0.3, -0.25) is 4.79 Å². The number of rotatable bonds is 7.